The van der Waals surface area contributed by atoms with Crippen LogP contribution in [-0.4, -0.2) is 35.1 Å². The fraction of sp³-hybridized carbons (Fsp3) is 0. The lowest BCUT2D eigenvalue weighted by Crippen LogP contribution is -2.11. The number of benzene rings is 9. The predicted octanol–water partition coefficient (Wildman–Crippen LogP) is 12.6. The Kier molecular flexibility index (Phi) is 13.5. The molecule has 0 amide bonds. The van der Waals surface area contributed by atoms with Gasteiger partial charge in [0.25, 0.3) is 0 Å². The lowest BCUT2D eigenvalue weighted by atomic mass is 9.98. The van der Waals surface area contributed by atoms with Crippen LogP contribution in [0.15, 0.2) is 231 Å². The molecule has 10 heteroatoms. The Morgan fingerprint density at radius 1 is 0.200 bits per heavy atom. The van der Waals surface area contributed by atoms with Gasteiger partial charge >= 0.3 is 11.9 Å². The maximum absolute atomic E-state index is 13.1. The van der Waals surface area contributed by atoms with Crippen molar-refractivity contribution in [2.45, 2.75) is 0 Å². The number of carbonyl (C=O) groups is 6. The minimum atomic E-state index is -0.633. The van der Waals surface area contributed by atoms with Gasteiger partial charge in [0.05, 0.1) is 11.1 Å². The predicted molar refractivity (Wildman–Crippen MR) is 262 cm³/mol. The summed E-state index contributed by atoms with van der Waals surface area (Å²) in [5.41, 5.74) is 4.38. The van der Waals surface area contributed by atoms with Crippen LogP contribution in [0.4, 0.5) is 0 Å². The third-order valence-electron chi connectivity index (χ3n) is 11.0. The lowest BCUT2D eigenvalue weighted by Gasteiger charge is -2.09. The van der Waals surface area contributed by atoms with E-state index in [9.17, 15) is 28.8 Å². The first-order valence-electron chi connectivity index (χ1n) is 21.9. The molecular formula is C60H38O10. The van der Waals surface area contributed by atoms with Crippen LogP contribution in [-0.2, 0) is 0 Å². The van der Waals surface area contributed by atoms with Crippen molar-refractivity contribution in [2.75, 3.05) is 0 Å². The molecule has 0 heterocycles. The summed E-state index contributed by atoms with van der Waals surface area (Å²) in [5.74, 6) is 0.579. The Balaban J connectivity index is 0.718. The van der Waals surface area contributed by atoms with E-state index in [-0.39, 0.29) is 45.8 Å². The van der Waals surface area contributed by atoms with Crippen molar-refractivity contribution in [2.24, 2.45) is 0 Å². The highest BCUT2D eigenvalue weighted by atomic mass is 16.5. The molecule has 338 valence electrons. The van der Waals surface area contributed by atoms with E-state index in [2.05, 4.69) is 0 Å². The molecule has 0 aliphatic carbocycles. The second-order valence-corrected chi connectivity index (χ2v) is 15.8. The quantitative estimate of drug-likeness (QED) is 0.0523. The fourth-order valence-electron chi connectivity index (χ4n) is 7.24. The highest BCUT2D eigenvalue weighted by Gasteiger charge is 2.17. The van der Waals surface area contributed by atoms with Gasteiger partial charge in [-0.15, -0.1) is 0 Å². The van der Waals surface area contributed by atoms with Crippen LogP contribution in [0.1, 0.15) is 84.4 Å². The van der Waals surface area contributed by atoms with E-state index < -0.39 is 11.9 Å². The summed E-state index contributed by atoms with van der Waals surface area (Å²) in [6, 6.07) is 63.1. The van der Waals surface area contributed by atoms with Gasteiger partial charge in [0.1, 0.15) is 34.5 Å². The summed E-state index contributed by atoms with van der Waals surface area (Å²) in [6.45, 7) is 0. The number of ketones is 4. The molecule has 0 spiro atoms. The largest absolute Gasteiger partial charge is 0.457 e. The Labute approximate surface area is 402 Å². The SMILES string of the molecule is O=C(Oc1ccc(Oc2ccc(C(=O)c3ccc(C(=O)c4ccccc4)cc3)cc2)cc1)c1ccc(C(=O)Oc2ccc(Oc3ccc(C(=O)c4ccc(C(=O)c5ccccc5)cc4)cc3)cc2)cc1. The van der Waals surface area contributed by atoms with Crippen LogP contribution < -0.4 is 18.9 Å². The Bertz CT molecular complexity index is 3100. The van der Waals surface area contributed by atoms with E-state index in [1.807, 2.05) is 12.1 Å². The van der Waals surface area contributed by atoms with Crippen molar-refractivity contribution in [3.63, 3.8) is 0 Å². The minimum Gasteiger partial charge on any atom is -0.457 e. The van der Waals surface area contributed by atoms with Crippen LogP contribution >= 0.6 is 0 Å². The highest BCUT2D eigenvalue weighted by molar-refractivity contribution is 6.13. The number of carbonyl (C=O) groups excluding carboxylic acids is 6. The molecule has 0 saturated heterocycles. The molecule has 0 aliphatic rings. The third kappa shape index (κ3) is 10.9. The summed E-state index contributed by atoms with van der Waals surface area (Å²) in [7, 11) is 0. The number of hydrogen-bond acceptors (Lipinski definition) is 10. The average molecular weight is 919 g/mol. The summed E-state index contributed by atoms with van der Waals surface area (Å²) < 4.78 is 22.9. The molecule has 0 radical (unpaired) electrons. The molecule has 0 unspecified atom stereocenters. The Morgan fingerprint density at radius 3 is 0.643 bits per heavy atom. The van der Waals surface area contributed by atoms with E-state index in [0.717, 1.165) is 0 Å². The molecule has 9 aromatic rings. The molecule has 10 nitrogen and oxygen atoms in total. The van der Waals surface area contributed by atoms with Gasteiger partial charge in [0, 0.05) is 44.5 Å². The summed E-state index contributed by atoms with van der Waals surface area (Å²) in [4.78, 5) is 77.6. The van der Waals surface area contributed by atoms with E-state index in [4.69, 9.17) is 18.9 Å². The van der Waals surface area contributed by atoms with Gasteiger partial charge in [-0.05, 0) is 121 Å². The van der Waals surface area contributed by atoms with Crippen molar-refractivity contribution in [1.82, 2.24) is 0 Å². The van der Waals surface area contributed by atoms with Gasteiger partial charge in [-0.1, -0.05) is 109 Å². The maximum Gasteiger partial charge on any atom is 0.343 e. The monoisotopic (exact) mass is 918 g/mol. The first-order chi connectivity index (χ1) is 34.1. The van der Waals surface area contributed by atoms with Gasteiger partial charge in [-0.2, -0.15) is 0 Å². The van der Waals surface area contributed by atoms with Crippen molar-refractivity contribution in [3.05, 3.63) is 286 Å². The van der Waals surface area contributed by atoms with E-state index in [1.165, 1.54) is 24.3 Å². The Morgan fingerprint density at radius 2 is 0.386 bits per heavy atom. The van der Waals surface area contributed by atoms with E-state index in [0.29, 0.717) is 67.5 Å². The summed E-state index contributed by atoms with van der Waals surface area (Å²) in [5, 5.41) is 0. The smallest absolute Gasteiger partial charge is 0.343 e. The summed E-state index contributed by atoms with van der Waals surface area (Å²) >= 11 is 0. The first kappa shape index (κ1) is 45.4. The van der Waals surface area contributed by atoms with Crippen LogP contribution in [0.25, 0.3) is 0 Å². The van der Waals surface area contributed by atoms with Crippen LogP contribution in [0.2, 0.25) is 0 Å². The van der Waals surface area contributed by atoms with Gasteiger partial charge in [-0.3, -0.25) is 19.2 Å². The van der Waals surface area contributed by atoms with Gasteiger partial charge in [0.15, 0.2) is 23.1 Å². The average Bonchev–Trinajstić information content (AvgIpc) is 3.42. The van der Waals surface area contributed by atoms with Crippen LogP contribution in [0, 0.1) is 0 Å². The highest BCUT2D eigenvalue weighted by Crippen LogP contribution is 2.28. The van der Waals surface area contributed by atoms with Gasteiger partial charge in [-0.25, -0.2) is 9.59 Å². The lowest BCUT2D eigenvalue weighted by molar-refractivity contribution is 0.0720. The molecule has 9 aromatic carbocycles. The van der Waals surface area contributed by atoms with Gasteiger partial charge in [0.2, 0.25) is 0 Å². The molecule has 0 aromatic heterocycles. The normalized spacial score (nSPS) is 10.6. The molecule has 70 heavy (non-hydrogen) atoms. The van der Waals surface area contributed by atoms with E-state index in [1.54, 1.807) is 194 Å². The van der Waals surface area contributed by atoms with Crippen molar-refractivity contribution < 1.29 is 47.7 Å². The molecule has 0 saturated carbocycles. The zero-order chi connectivity index (χ0) is 48.4. The number of hydrogen-bond donors (Lipinski definition) is 0. The fourth-order valence-corrected chi connectivity index (χ4v) is 7.24. The number of esters is 2. The zero-order valence-electron chi connectivity index (χ0n) is 37.0. The first-order valence-corrected chi connectivity index (χ1v) is 21.9. The third-order valence-corrected chi connectivity index (χ3v) is 11.0. The van der Waals surface area contributed by atoms with Crippen LogP contribution in [0.3, 0.4) is 0 Å². The second kappa shape index (κ2) is 20.8. The number of ether oxygens (including phenoxy) is 4. The van der Waals surface area contributed by atoms with Crippen LogP contribution in [0.5, 0.6) is 34.5 Å². The molecule has 9 rings (SSSR count). The Hall–Kier alpha value is -9.80. The molecule has 0 bridgehead atoms. The standard InChI is InChI=1S/C60H38O10/c61-55(39-7-3-1-4-8-39)41-11-15-43(16-12-41)57(63)45-23-27-49(28-24-45)67-51-31-35-53(36-32-51)69-59(65)47-19-21-48(22-20-47)60(66)70-54-37-33-52(34-38-54)68-50-29-25-46(26-30-50)58(64)44-17-13-42(14-18-44)56(62)40-9-5-2-6-10-40/h1-38H. The molecule has 0 atom stereocenters. The van der Waals surface area contributed by atoms with Crippen molar-refractivity contribution in [3.8, 4) is 34.5 Å². The topological polar surface area (TPSA) is 139 Å². The van der Waals surface area contributed by atoms with Crippen molar-refractivity contribution >= 4 is 35.1 Å². The maximum atomic E-state index is 13.1. The zero-order valence-corrected chi connectivity index (χ0v) is 37.0. The van der Waals surface area contributed by atoms with Gasteiger partial charge < -0.3 is 18.9 Å². The summed E-state index contributed by atoms with van der Waals surface area (Å²) in [6.07, 6.45) is 0. The minimum absolute atomic E-state index is 0.118. The second-order valence-electron chi connectivity index (χ2n) is 15.8. The molecular weight excluding hydrogens is 881 g/mol. The molecule has 0 fully saturated rings. The van der Waals surface area contributed by atoms with E-state index >= 15 is 0 Å². The van der Waals surface area contributed by atoms with Crippen molar-refractivity contribution in [1.29, 1.82) is 0 Å². The number of rotatable bonds is 16. The molecule has 0 N–H and O–H groups in total. The molecule has 0 aliphatic heterocycles.